The van der Waals surface area contributed by atoms with Crippen molar-refractivity contribution in [3.8, 4) is 11.5 Å². The Kier molecular flexibility index (Phi) is 2.25. The molecular weight excluding hydrogens is 164 g/mol. The van der Waals surface area contributed by atoms with Crippen molar-refractivity contribution >= 4 is 11.6 Å². The molecule has 0 amide bonds. The number of halogens is 1. The van der Waals surface area contributed by atoms with Gasteiger partial charge >= 0.3 is 0 Å². The van der Waals surface area contributed by atoms with Gasteiger partial charge in [0.15, 0.2) is 0 Å². The molecule has 3 heteroatoms. The van der Waals surface area contributed by atoms with Gasteiger partial charge in [-0.15, -0.1) is 0 Å². The number of hydrogen-bond acceptors (Lipinski definition) is 2. The Balaban J connectivity index is 3.24. The van der Waals surface area contributed by atoms with Crippen LogP contribution in [0, 0.1) is 6.92 Å². The van der Waals surface area contributed by atoms with Gasteiger partial charge in [0.2, 0.25) is 0 Å². The minimum atomic E-state index is -0.000494. The lowest BCUT2D eigenvalue weighted by Gasteiger charge is -2.03. The molecule has 0 fully saturated rings. The van der Waals surface area contributed by atoms with Crippen molar-refractivity contribution in [3.05, 3.63) is 29.6 Å². The zero-order valence-electron chi connectivity index (χ0n) is 5.84. The maximum atomic E-state index is 9.24. The fourth-order valence-corrected chi connectivity index (χ4v) is 1.06. The molecule has 0 atom stereocenters. The lowest BCUT2D eigenvalue weighted by Crippen LogP contribution is -1.82. The second-order valence-electron chi connectivity index (χ2n) is 2.19. The van der Waals surface area contributed by atoms with E-state index in [9.17, 15) is 5.11 Å². The second-order valence-corrected chi connectivity index (χ2v) is 2.59. The standard InChI is InChI=1S/C8H8ClO2/c1-2-5-3-6(10)4-7(9)8(5)11/h3-4,10-11H,1-2H2. The van der Waals surface area contributed by atoms with E-state index < -0.39 is 0 Å². The molecule has 0 unspecified atom stereocenters. The van der Waals surface area contributed by atoms with Crippen LogP contribution in [0.4, 0.5) is 0 Å². The molecule has 0 spiro atoms. The highest BCUT2D eigenvalue weighted by molar-refractivity contribution is 6.32. The van der Waals surface area contributed by atoms with Crippen LogP contribution in [0.2, 0.25) is 5.02 Å². The van der Waals surface area contributed by atoms with Crippen molar-refractivity contribution in [2.75, 3.05) is 0 Å². The van der Waals surface area contributed by atoms with Crippen LogP contribution in [-0.4, -0.2) is 10.2 Å². The van der Waals surface area contributed by atoms with Crippen molar-refractivity contribution in [3.63, 3.8) is 0 Å². The predicted molar refractivity (Wildman–Crippen MR) is 43.8 cm³/mol. The number of aromatic hydroxyl groups is 2. The lowest BCUT2D eigenvalue weighted by atomic mass is 10.1. The Bertz CT molecular complexity index is 271. The van der Waals surface area contributed by atoms with Crippen molar-refractivity contribution in [1.82, 2.24) is 0 Å². The minimum Gasteiger partial charge on any atom is -0.508 e. The van der Waals surface area contributed by atoms with E-state index in [1.54, 1.807) is 0 Å². The van der Waals surface area contributed by atoms with Crippen LogP contribution in [0.5, 0.6) is 11.5 Å². The molecule has 2 N–H and O–H groups in total. The molecule has 0 aliphatic heterocycles. The number of phenolic OH excluding ortho intramolecular Hbond substituents is 2. The molecule has 0 aliphatic carbocycles. The van der Waals surface area contributed by atoms with Crippen LogP contribution < -0.4 is 0 Å². The van der Waals surface area contributed by atoms with Gasteiger partial charge in [0.25, 0.3) is 0 Å². The third-order valence-corrected chi connectivity index (χ3v) is 1.68. The molecule has 0 saturated heterocycles. The minimum absolute atomic E-state index is 0.000494. The van der Waals surface area contributed by atoms with Crippen molar-refractivity contribution in [2.45, 2.75) is 6.42 Å². The van der Waals surface area contributed by atoms with Gasteiger partial charge in [-0.2, -0.15) is 0 Å². The SMILES string of the molecule is [CH2]Cc1cc(O)cc(Cl)c1O. The molecule has 0 heterocycles. The second kappa shape index (κ2) is 3.01. The molecular formula is C8H8ClO2. The average Bonchev–Trinajstić information content (AvgIpc) is 1.96. The third kappa shape index (κ3) is 1.57. The zero-order chi connectivity index (χ0) is 8.43. The van der Waals surface area contributed by atoms with E-state index in [4.69, 9.17) is 16.7 Å². The van der Waals surface area contributed by atoms with E-state index in [-0.39, 0.29) is 16.5 Å². The number of phenols is 2. The smallest absolute Gasteiger partial charge is 0.137 e. The first kappa shape index (κ1) is 8.21. The monoisotopic (exact) mass is 171 g/mol. The molecule has 1 radical (unpaired) electrons. The van der Waals surface area contributed by atoms with Crippen LogP contribution in [0.25, 0.3) is 0 Å². The van der Waals surface area contributed by atoms with Crippen LogP contribution in [0.1, 0.15) is 5.56 Å². The van der Waals surface area contributed by atoms with Crippen LogP contribution in [-0.2, 0) is 6.42 Å². The molecule has 0 saturated carbocycles. The van der Waals surface area contributed by atoms with E-state index in [2.05, 4.69) is 6.92 Å². The van der Waals surface area contributed by atoms with Crippen molar-refractivity contribution in [1.29, 1.82) is 0 Å². The van der Waals surface area contributed by atoms with E-state index in [1.807, 2.05) is 0 Å². The third-order valence-electron chi connectivity index (χ3n) is 1.40. The summed E-state index contributed by atoms with van der Waals surface area (Å²) in [5.41, 5.74) is 0.551. The Morgan fingerprint density at radius 1 is 1.36 bits per heavy atom. The maximum Gasteiger partial charge on any atom is 0.137 e. The Morgan fingerprint density at radius 2 is 2.00 bits per heavy atom. The van der Waals surface area contributed by atoms with Crippen LogP contribution in [0.15, 0.2) is 12.1 Å². The Labute approximate surface area is 70.1 Å². The highest BCUT2D eigenvalue weighted by atomic mass is 35.5. The van der Waals surface area contributed by atoms with Crippen molar-refractivity contribution < 1.29 is 10.2 Å². The maximum absolute atomic E-state index is 9.24. The normalized spacial score (nSPS) is 10.0. The van der Waals surface area contributed by atoms with Gasteiger partial charge in [-0.3, -0.25) is 0 Å². The first-order valence-electron chi connectivity index (χ1n) is 3.14. The average molecular weight is 172 g/mol. The predicted octanol–water partition coefficient (Wildman–Crippen LogP) is 2.13. The molecule has 2 nitrogen and oxygen atoms in total. The fourth-order valence-electron chi connectivity index (χ4n) is 0.831. The summed E-state index contributed by atoms with van der Waals surface area (Å²) in [6, 6.07) is 2.73. The number of benzene rings is 1. The van der Waals surface area contributed by atoms with Gasteiger partial charge in [-0.05, 0) is 25.0 Å². The van der Waals surface area contributed by atoms with E-state index in [0.29, 0.717) is 12.0 Å². The summed E-state index contributed by atoms with van der Waals surface area (Å²) in [6.07, 6.45) is 0.403. The summed E-state index contributed by atoms with van der Waals surface area (Å²) >= 11 is 5.56. The van der Waals surface area contributed by atoms with Gasteiger partial charge in [0.1, 0.15) is 11.5 Å². The highest BCUT2D eigenvalue weighted by Crippen LogP contribution is 2.31. The molecule has 0 aromatic heterocycles. The molecule has 59 valence electrons. The van der Waals surface area contributed by atoms with Crippen LogP contribution in [0.3, 0.4) is 0 Å². The first-order chi connectivity index (χ1) is 5.15. The summed E-state index contributed by atoms with van der Waals surface area (Å²) < 4.78 is 0. The summed E-state index contributed by atoms with van der Waals surface area (Å²) in [7, 11) is 0. The summed E-state index contributed by atoms with van der Waals surface area (Å²) in [4.78, 5) is 0. The lowest BCUT2D eigenvalue weighted by molar-refractivity contribution is 0.455. The molecule has 0 bridgehead atoms. The molecule has 0 aliphatic rings. The number of hydrogen-bond donors (Lipinski definition) is 2. The van der Waals surface area contributed by atoms with Gasteiger partial charge < -0.3 is 10.2 Å². The molecule has 1 aromatic rings. The quantitative estimate of drug-likeness (QED) is 0.636. The number of rotatable bonds is 1. The Morgan fingerprint density at radius 3 is 2.55 bits per heavy atom. The fraction of sp³-hybridized carbons (Fsp3) is 0.125. The Hall–Kier alpha value is -0.890. The van der Waals surface area contributed by atoms with Gasteiger partial charge in [0, 0.05) is 6.07 Å². The largest absolute Gasteiger partial charge is 0.508 e. The van der Waals surface area contributed by atoms with Crippen LogP contribution >= 0.6 is 11.6 Å². The topological polar surface area (TPSA) is 40.5 Å². The van der Waals surface area contributed by atoms with Crippen molar-refractivity contribution in [2.24, 2.45) is 0 Å². The zero-order valence-corrected chi connectivity index (χ0v) is 6.60. The van der Waals surface area contributed by atoms with Gasteiger partial charge in [-0.1, -0.05) is 11.6 Å². The van der Waals surface area contributed by atoms with E-state index in [1.165, 1.54) is 12.1 Å². The van der Waals surface area contributed by atoms with E-state index >= 15 is 0 Å². The summed E-state index contributed by atoms with van der Waals surface area (Å²) in [5.74, 6) is 0.0471. The van der Waals surface area contributed by atoms with Gasteiger partial charge in [0.05, 0.1) is 5.02 Å². The van der Waals surface area contributed by atoms with E-state index in [0.717, 1.165) is 0 Å². The summed E-state index contributed by atoms with van der Waals surface area (Å²) in [5, 5.41) is 18.4. The highest BCUT2D eigenvalue weighted by Gasteiger charge is 2.05. The molecule has 11 heavy (non-hydrogen) atoms. The molecule has 1 aromatic carbocycles. The first-order valence-corrected chi connectivity index (χ1v) is 3.52. The van der Waals surface area contributed by atoms with Gasteiger partial charge in [-0.25, -0.2) is 0 Å². The molecule has 1 rings (SSSR count). The summed E-state index contributed by atoms with van der Waals surface area (Å²) in [6.45, 7) is 3.57.